The highest BCUT2D eigenvalue weighted by Gasteiger charge is 2.19. The van der Waals surface area contributed by atoms with Gasteiger partial charge in [0.1, 0.15) is 0 Å². The van der Waals surface area contributed by atoms with E-state index >= 15 is 0 Å². The number of ether oxygens (including phenoxy) is 3. The number of pyridine rings is 1. The monoisotopic (exact) mass is 414 g/mol. The topological polar surface area (TPSA) is 95.5 Å². The standard InChI is InChI=1S/C20H22N4O4S/c1-4-26-15-10-14(11-16(27-5-2)17(15)28-6-3)18(25)22-20-24-23-19(29-20)13-8-7-9-21-12-13/h7-12H,4-6H2,1-3H3,(H,22,24,25). The lowest BCUT2D eigenvalue weighted by Gasteiger charge is -2.16. The maximum atomic E-state index is 12.8. The number of carbonyl (C=O) groups excluding carboxylic acids is 1. The molecule has 0 unspecified atom stereocenters. The fraction of sp³-hybridized carbons (Fsp3) is 0.300. The van der Waals surface area contributed by atoms with E-state index in [1.54, 1.807) is 24.5 Å². The van der Waals surface area contributed by atoms with Gasteiger partial charge in [-0.2, -0.15) is 0 Å². The second-order valence-corrected chi connectivity index (χ2v) is 6.69. The molecule has 0 aliphatic carbocycles. The number of aromatic nitrogens is 3. The van der Waals surface area contributed by atoms with Gasteiger partial charge in [0.15, 0.2) is 16.5 Å². The Labute approximate surface area is 172 Å². The predicted molar refractivity (Wildman–Crippen MR) is 111 cm³/mol. The van der Waals surface area contributed by atoms with Crippen molar-refractivity contribution in [2.75, 3.05) is 25.1 Å². The zero-order chi connectivity index (χ0) is 20.6. The molecule has 0 aliphatic heterocycles. The molecule has 1 aromatic carbocycles. The van der Waals surface area contributed by atoms with Crippen molar-refractivity contribution in [2.45, 2.75) is 20.8 Å². The fourth-order valence-electron chi connectivity index (χ4n) is 2.57. The van der Waals surface area contributed by atoms with Gasteiger partial charge in [0.05, 0.1) is 19.8 Å². The van der Waals surface area contributed by atoms with Crippen molar-refractivity contribution in [1.29, 1.82) is 0 Å². The summed E-state index contributed by atoms with van der Waals surface area (Å²) in [6, 6.07) is 6.97. The van der Waals surface area contributed by atoms with E-state index in [1.807, 2.05) is 32.9 Å². The number of benzene rings is 1. The van der Waals surface area contributed by atoms with E-state index in [9.17, 15) is 4.79 Å². The Bertz CT molecular complexity index is 935. The highest BCUT2D eigenvalue weighted by atomic mass is 32.1. The van der Waals surface area contributed by atoms with E-state index in [4.69, 9.17) is 14.2 Å². The van der Waals surface area contributed by atoms with Crippen LogP contribution < -0.4 is 19.5 Å². The van der Waals surface area contributed by atoms with Crippen LogP contribution in [0.4, 0.5) is 5.13 Å². The van der Waals surface area contributed by atoms with Crippen LogP contribution >= 0.6 is 11.3 Å². The smallest absolute Gasteiger partial charge is 0.257 e. The summed E-state index contributed by atoms with van der Waals surface area (Å²) >= 11 is 1.27. The second-order valence-electron chi connectivity index (χ2n) is 5.71. The van der Waals surface area contributed by atoms with Crippen molar-refractivity contribution < 1.29 is 19.0 Å². The van der Waals surface area contributed by atoms with E-state index in [0.717, 1.165) is 5.56 Å². The summed E-state index contributed by atoms with van der Waals surface area (Å²) in [6.45, 7) is 6.92. The molecule has 152 valence electrons. The van der Waals surface area contributed by atoms with Crippen LogP contribution in [0.15, 0.2) is 36.7 Å². The summed E-state index contributed by atoms with van der Waals surface area (Å²) in [5.41, 5.74) is 1.21. The summed E-state index contributed by atoms with van der Waals surface area (Å²) in [5.74, 6) is 1.06. The third kappa shape index (κ3) is 5.00. The minimum Gasteiger partial charge on any atom is -0.490 e. The zero-order valence-electron chi connectivity index (χ0n) is 16.5. The number of hydrogen-bond donors (Lipinski definition) is 1. The van der Waals surface area contributed by atoms with Crippen molar-refractivity contribution in [2.24, 2.45) is 0 Å². The highest BCUT2D eigenvalue weighted by molar-refractivity contribution is 7.18. The van der Waals surface area contributed by atoms with Crippen LogP contribution in [0.25, 0.3) is 10.6 Å². The van der Waals surface area contributed by atoms with Crippen LogP contribution in [0.1, 0.15) is 31.1 Å². The first kappa shape index (κ1) is 20.5. The van der Waals surface area contributed by atoms with Crippen molar-refractivity contribution in [3.05, 3.63) is 42.2 Å². The van der Waals surface area contributed by atoms with Crippen LogP contribution in [0.2, 0.25) is 0 Å². The largest absolute Gasteiger partial charge is 0.490 e. The molecule has 1 amide bonds. The van der Waals surface area contributed by atoms with E-state index < -0.39 is 0 Å². The van der Waals surface area contributed by atoms with Gasteiger partial charge in [0.25, 0.3) is 5.91 Å². The van der Waals surface area contributed by atoms with Gasteiger partial charge >= 0.3 is 0 Å². The maximum absolute atomic E-state index is 12.8. The number of anilines is 1. The molecule has 0 aliphatic rings. The van der Waals surface area contributed by atoms with Crippen molar-refractivity contribution >= 4 is 22.4 Å². The predicted octanol–water partition coefficient (Wildman–Crippen LogP) is 4.05. The molecule has 0 fully saturated rings. The van der Waals surface area contributed by atoms with Crippen LogP contribution in [-0.2, 0) is 0 Å². The summed E-state index contributed by atoms with van der Waals surface area (Å²) in [5, 5.41) is 12.0. The quantitative estimate of drug-likeness (QED) is 0.564. The lowest BCUT2D eigenvalue weighted by molar-refractivity contribution is 0.102. The molecule has 0 atom stereocenters. The molecule has 3 aromatic rings. The average Bonchev–Trinajstić information content (AvgIpc) is 3.19. The van der Waals surface area contributed by atoms with Gasteiger partial charge < -0.3 is 14.2 Å². The minimum atomic E-state index is -0.344. The molecule has 2 heterocycles. The van der Waals surface area contributed by atoms with Gasteiger partial charge in [-0.3, -0.25) is 15.1 Å². The number of hydrogen-bond acceptors (Lipinski definition) is 8. The minimum absolute atomic E-state index is 0.344. The average molecular weight is 414 g/mol. The number of nitrogens with zero attached hydrogens (tertiary/aromatic N) is 3. The molecule has 3 rings (SSSR count). The third-order valence-corrected chi connectivity index (χ3v) is 4.61. The maximum Gasteiger partial charge on any atom is 0.257 e. The Balaban J connectivity index is 1.85. The molecule has 0 spiro atoms. The van der Waals surface area contributed by atoms with Crippen molar-refractivity contribution in [3.8, 4) is 27.8 Å². The van der Waals surface area contributed by atoms with Crippen LogP contribution in [0.3, 0.4) is 0 Å². The van der Waals surface area contributed by atoms with Crippen molar-refractivity contribution in [1.82, 2.24) is 15.2 Å². The Morgan fingerprint density at radius 2 is 1.72 bits per heavy atom. The van der Waals surface area contributed by atoms with Gasteiger partial charge in [-0.25, -0.2) is 0 Å². The Kier molecular flexibility index (Phi) is 6.96. The summed E-state index contributed by atoms with van der Waals surface area (Å²) in [7, 11) is 0. The summed E-state index contributed by atoms with van der Waals surface area (Å²) in [6.07, 6.45) is 3.38. The van der Waals surface area contributed by atoms with Crippen LogP contribution in [0.5, 0.6) is 17.2 Å². The van der Waals surface area contributed by atoms with Crippen LogP contribution in [-0.4, -0.2) is 40.9 Å². The molecule has 0 saturated carbocycles. The molecule has 0 radical (unpaired) electrons. The van der Waals surface area contributed by atoms with Crippen LogP contribution in [0, 0.1) is 0 Å². The molecule has 8 nitrogen and oxygen atoms in total. The normalized spacial score (nSPS) is 10.4. The van der Waals surface area contributed by atoms with E-state index in [0.29, 0.717) is 52.8 Å². The second kappa shape index (κ2) is 9.83. The first-order valence-corrected chi connectivity index (χ1v) is 10.1. The van der Waals surface area contributed by atoms with E-state index in [1.165, 1.54) is 11.3 Å². The first-order valence-electron chi connectivity index (χ1n) is 9.27. The Morgan fingerprint density at radius 3 is 2.31 bits per heavy atom. The summed E-state index contributed by atoms with van der Waals surface area (Å²) in [4.78, 5) is 16.9. The van der Waals surface area contributed by atoms with Gasteiger partial charge in [-0.05, 0) is 45.0 Å². The van der Waals surface area contributed by atoms with E-state index in [2.05, 4.69) is 20.5 Å². The molecular weight excluding hydrogens is 392 g/mol. The number of nitrogens with one attached hydrogen (secondary N) is 1. The highest BCUT2D eigenvalue weighted by Crippen LogP contribution is 2.39. The number of rotatable bonds is 9. The summed E-state index contributed by atoms with van der Waals surface area (Å²) < 4.78 is 17.0. The number of amides is 1. The fourth-order valence-corrected chi connectivity index (χ4v) is 3.30. The molecule has 1 N–H and O–H groups in total. The van der Waals surface area contributed by atoms with Gasteiger partial charge in [-0.1, -0.05) is 11.3 Å². The molecule has 0 saturated heterocycles. The molecular formula is C20H22N4O4S. The molecule has 2 aromatic heterocycles. The molecule has 9 heteroatoms. The first-order chi connectivity index (χ1) is 14.2. The Hall–Kier alpha value is -3.20. The molecule has 29 heavy (non-hydrogen) atoms. The Morgan fingerprint density at radius 1 is 1.03 bits per heavy atom. The van der Waals surface area contributed by atoms with Gasteiger partial charge in [0, 0.05) is 23.5 Å². The lowest BCUT2D eigenvalue weighted by Crippen LogP contribution is -2.13. The van der Waals surface area contributed by atoms with E-state index in [-0.39, 0.29) is 5.91 Å². The van der Waals surface area contributed by atoms with Crippen molar-refractivity contribution in [3.63, 3.8) is 0 Å². The third-order valence-electron chi connectivity index (χ3n) is 3.73. The lowest BCUT2D eigenvalue weighted by atomic mass is 10.1. The number of carbonyl (C=O) groups is 1. The SMILES string of the molecule is CCOc1cc(C(=O)Nc2nnc(-c3cccnc3)s2)cc(OCC)c1OCC. The van der Waals surface area contributed by atoms with Gasteiger partial charge in [0.2, 0.25) is 10.9 Å². The zero-order valence-corrected chi connectivity index (χ0v) is 17.3. The molecule has 0 bridgehead atoms. The van der Waals surface area contributed by atoms with Gasteiger partial charge in [-0.15, -0.1) is 10.2 Å².